The third kappa shape index (κ3) is 3.01. The van der Waals surface area contributed by atoms with Crippen molar-refractivity contribution in [2.24, 2.45) is 7.05 Å². The molecule has 7 heteroatoms. The lowest BCUT2D eigenvalue weighted by Gasteiger charge is -2.07. The number of esters is 1. The highest BCUT2D eigenvalue weighted by atomic mass is 16.5. The largest absolute Gasteiger partial charge is 0.462 e. The Labute approximate surface area is 110 Å². The van der Waals surface area contributed by atoms with Gasteiger partial charge in [0.2, 0.25) is 0 Å². The SMILES string of the molecule is CCOC(=O)c1cc(Nc2ccn(C)n2)ncc1N. The number of nitrogens with one attached hydrogen (secondary N) is 1. The fourth-order valence-electron chi connectivity index (χ4n) is 1.53. The van der Waals surface area contributed by atoms with E-state index in [0.29, 0.717) is 18.2 Å². The van der Waals surface area contributed by atoms with E-state index in [-0.39, 0.29) is 11.3 Å². The third-order valence-corrected chi connectivity index (χ3v) is 2.40. The number of anilines is 3. The molecule has 0 aliphatic rings. The van der Waals surface area contributed by atoms with Crippen LogP contribution in [0.3, 0.4) is 0 Å². The van der Waals surface area contributed by atoms with Gasteiger partial charge in [0, 0.05) is 19.3 Å². The quantitative estimate of drug-likeness (QED) is 0.806. The number of pyridine rings is 1. The zero-order valence-corrected chi connectivity index (χ0v) is 10.8. The molecule has 2 rings (SSSR count). The van der Waals surface area contributed by atoms with Crippen LogP contribution in [0.25, 0.3) is 0 Å². The minimum Gasteiger partial charge on any atom is -0.462 e. The molecule has 0 radical (unpaired) electrons. The van der Waals surface area contributed by atoms with Gasteiger partial charge >= 0.3 is 5.97 Å². The molecule has 0 aliphatic heterocycles. The number of rotatable bonds is 4. The van der Waals surface area contributed by atoms with Crippen molar-refractivity contribution >= 4 is 23.3 Å². The molecule has 2 heterocycles. The van der Waals surface area contributed by atoms with Crippen molar-refractivity contribution in [2.75, 3.05) is 17.7 Å². The number of aromatic nitrogens is 3. The molecule has 0 aliphatic carbocycles. The van der Waals surface area contributed by atoms with E-state index in [1.807, 2.05) is 7.05 Å². The predicted octanol–water partition coefficient (Wildman–Crippen LogP) is 1.32. The van der Waals surface area contributed by atoms with E-state index >= 15 is 0 Å². The van der Waals surface area contributed by atoms with Gasteiger partial charge in [-0.05, 0) is 13.0 Å². The highest BCUT2D eigenvalue weighted by molar-refractivity contribution is 5.95. The molecule has 0 spiro atoms. The van der Waals surface area contributed by atoms with Crippen LogP contribution in [0.15, 0.2) is 24.5 Å². The first kappa shape index (κ1) is 12.9. The number of nitrogen functional groups attached to an aromatic ring is 1. The third-order valence-electron chi connectivity index (χ3n) is 2.40. The van der Waals surface area contributed by atoms with E-state index in [0.717, 1.165) is 0 Å². The normalized spacial score (nSPS) is 10.2. The Morgan fingerprint density at radius 2 is 2.32 bits per heavy atom. The molecule has 0 unspecified atom stereocenters. The highest BCUT2D eigenvalue weighted by Crippen LogP contribution is 2.18. The van der Waals surface area contributed by atoms with Gasteiger partial charge in [0.25, 0.3) is 0 Å². The zero-order chi connectivity index (χ0) is 13.8. The molecule has 7 nitrogen and oxygen atoms in total. The second-order valence-corrected chi connectivity index (χ2v) is 3.88. The molecule has 0 aromatic carbocycles. The summed E-state index contributed by atoms with van der Waals surface area (Å²) in [7, 11) is 1.81. The smallest absolute Gasteiger partial charge is 0.340 e. The van der Waals surface area contributed by atoms with E-state index in [1.54, 1.807) is 29.9 Å². The zero-order valence-electron chi connectivity index (χ0n) is 10.8. The van der Waals surface area contributed by atoms with Gasteiger partial charge in [0.15, 0.2) is 5.82 Å². The van der Waals surface area contributed by atoms with Crippen molar-refractivity contribution in [3.05, 3.63) is 30.1 Å². The summed E-state index contributed by atoms with van der Waals surface area (Å²) in [6, 6.07) is 3.34. The van der Waals surface area contributed by atoms with Crippen LogP contribution < -0.4 is 11.1 Å². The van der Waals surface area contributed by atoms with Crippen LogP contribution in [0.2, 0.25) is 0 Å². The Morgan fingerprint density at radius 3 is 2.95 bits per heavy atom. The number of hydrogen-bond donors (Lipinski definition) is 2. The minimum absolute atomic E-state index is 0.282. The Bertz CT molecular complexity index is 594. The van der Waals surface area contributed by atoms with Crippen LogP contribution in [0.1, 0.15) is 17.3 Å². The van der Waals surface area contributed by atoms with Gasteiger partial charge in [-0.2, -0.15) is 5.10 Å². The summed E-state index contributed by atoms with van der Waals surface area (Å²) in [4.78, 5) is 15.8. The molecule has 0 atom stereocenters. The molecule has 3 N–H and O–H groups in total. The van der Waals surface area contributed by atoms with Crippen LogP contribution in [0, 0.1) is 0 Å². The summed E-state index contributed by atoms with van der Waals surface area (Å²) in [5, 5.41) is 7.14. The number of ether oxygens (including phenoxy) is 1. The van der Waals surface area contributed by atoms with Crippen molar-refractivity contribution in [1.82, 2.24) is 14.8 Å². The topological polar surface area (TPSA) is 95.1 Å². The van der Waals surface area contributed by atoms with Gasteiger partial charge in [-0.25, -0.2) is 9.78 Å². The number of aryl methyl sites for hydroxylation is 1. The maximum atomic E-state index is 11.7. The lowest BCUT2D eigenvalue weighted by Crippen LogP contribution is -2.09. The summed E-state index contributed by atoms with van der Waals surface area (Å²) < 4.78 is 6.58. The monoisotopic (exact) mass is 261 g/mol. The summed E-state index contributed by atoms with van der Waals surface area (Å²) >= 11 is 0. The van der Waals surface area contributed by atoms with Crippen LogP contribution >= 0.6 is 0 Å². The molecular weight excluding hydrogens is 246 g/mol. The first-order valence-corrected chi connectivity index (χ1v) is 5.79. The molecule has 2 aromatic rings. The lowest BCUT2D eigenvalue weighted by molar-refractivity contribution is 0.0527. The van der Waals surface area contributed by atoms with E-state index < -0.39 is 5.97 Å². The lowest BCUT2D eigenvalue weighted by atomic mass is 10.2. The van der Waals surface area contributed by atoms with Crippen LogP contribution in [0.5, 0.6) is 0 Å². The minimum atomic E-state index is -0.466. The highest BCUT2D eigenvalue weighted by Gasteiger charge is 2.12. The first-order valence-electron chi connectivity index (χ1n) is 5.79. The summed E-state index contributed by atoms with van der Waals surface area (Å²) in [6.45, 7) is 2.03. The molecule has 100 valence electrons. The second kappa shape index (κ2) is 5.38. The Balaban J connectivity index is 2.23. The van der Waals surface area contributed by atoms with Crippen molar-refractivity contribution < 1.29 is 9.53 Å². The maximum absolute atomic E-state index is 11.7. The first-order chi connectivity index (χ1) is 9.10. The molecule has 0 saturated heterocycles. The standard InChI is InChI=1S/C12H15N5O2/c1-3-19-12(18)8-6-11(14-7-9(8)13)15-10-4-5-17(2)16-10/h4-7H,3,13H2,1-2H3,(H,14,15,16). The van der Waals surface area contributed by atoms with E-state index in [1.165, 1.54) is 6.20 Å². The Kier molecular flexibility index (Phi) is 3.65. The molecule has 2 aromatic heterocycles. The molecule has 19 heavy (non-hydrogen) atoms. The number of nitrogens with zero attached hydrogens (tertiary/aromatic N) is 3. The fraction of sp³-hybridized carbons (Fsp3) is 0.250. The summed E-state index contributed by atoms with van der Waals surface area (Å²) in [5.74, 6) is 0.650. The van der Waals surface area contributed by atoms with Crippen LogP contribution in [-0.2, 0) is 11.8 Å². The van der Waals surface area contributed by atoms with Crippen molar-refractivity contribution in [3.63, 3.8) is 0 Å². The van der Waals surface area contributed by atoms with Crippen molar-refractivity contribution in [3.8, 4) is 0 Å². The van der Waals surface area contributed by atoms with Crippen molar-refractivity contribution in [2.45, 2.75) is 6.92 Å². The number of hydrogen-bond acceptors (Lipinski definition) is 6. The fourth-order valence-corrected chi connectivity index (χ4v) is 1.53. The van der Waals surface area contributed by atoms with E-state index in [4.69, 9.17) is 10.5 Å². The van der Waals surface area contributed by atoms with Gasteiger partial charge in [0.1, 0.15) is 5.82 Å². The average molecular weight is 261 g/mol. The van der Waals surface area contributed by atoms with Gasteiger partial charge in [0.05, 0.1) is 24.1 Å². The number of nitrogens with two attached hydrogens (primary N) is 1. The average Bonchev–Trinajstić information content (AvgIpc) is 2.77. The van der Waals surface area contributed by atoms with Crippen molar-refractivity contribution in [1.29, 1.82) is 0 Å². The van der Waals surface area contributed by atoms with E-state index in [2.05, 4.69) is 15.4 Å². The predicted molar refractivity (Wildman–Crippen MR) is 71.1 cm³/mol. The van der Waals surface area contributed by atoms with E-state index in [9.17, 15) is 4.79 Å². The van der Waals surface area contributed by atoms with Gasteiger partial charge in [-0.15, -0.1) is 0 Å². The van der Waals surface area contributed by atoms with Crippen LogP contribution in [-0.4, -0.2) is 27.3 Å². The van der Waals surface area contributed by atoms with Gasteiger partial charge in [-0.1, -0.05) is 0 Å². The second-order valence-electron chi connectivity index (χ2n) is 3.88. The molecular formula is C12H15N5O2. The molecule has 0 bridgehead atoms. The number of carbonyl (C=O) groups excluding carboxylic acids is 1. The molecule has 0 saturated carbocycles. The summed E-state index contributed by atoms with van der Waals surface area (Å²) in [6.07, 6.45) is 3.21. The Hall–Kier alpha value is -2.57. The van der Waals surface area contributed by atoms with Crippen LogP contribution in [0.4, 0.5) is 17.3 Å². The maximum Gasteiger partial charge on any atom is 0.340 e. The summed E-state index contributed by atoms with van der Waals surface area (Å²) in [5.41, 5.74) is 6.28. The molecule has 0 amide bonds. The van der Waals surface area contributed by atoms with Gasteiger partial charge < -0.3 is 15.8 Å². The Morgan fingerprint density at radius 1 is 1.53 bits per heavy atom. The van der Waals surface area contributed by atoms with Gasteiger partial charge in [-0.3, -0.25) is 4.68 Å². The number of carbonyl (C=O) groups is 1. The molecule has 0 fully saturated rings.